The van der Waals surface area contributed by atoms with Crippen molar-refractivity contribution in [2.75, 3.05) is 26.8 Å². The lowest BCUT2D eigenvalue weighted by molar-refractivity contribution is 0.0372. The first-order chi connectivity index (χ1) is 9.46. The fourth-order valence-electron chi connectivity index (χ4n) is 1.87. The van der Waals surface area contributed by atoms with E-state index in [1.54, 1.807) is 7.11 Å². The lowest BCUT2D eigenvalue weighted by Gasteiger charge is -2.23. The summed E-state index contributed by atoms with van der Waals surface area (Å²) in [6.45, 7) is 11.4. The van der Waals surface area contributed by atoms with E-state index in [0.29, 0.717) is 5.41 Å². The molecule has 1 aromatic carbocycles. The standard InChI is InChI=1S/C17H29NO2/c1-6-18-13-16(20-12-11-17(2,3)4)14-7-9-15(19-5)10-8-14/h7-10,16,18H,6,11-13H2,1-5H3. The van der Waals surface area contributed by atoms with Gasteiger partial charge in [-0.2, -0.15) is 0 Å². The highest BCUT2D eigenvalue weighted by atomic mass is 16.5. The Morgan fingerprint density at radius 2 is 1.80 bits per heavy atom. The fraction of sp³-hybridized carbons (Fsp3) is 0.647. The monoisotopic (exact) mass is 279 g/mol. The molecule has 0 saturated carbocycles. The molecule has 0 saturated heterocycles. The van der Waals surface area contributed by atoms with E-state index < -0.39 is 0 Å². The first-order valence-corrected chi connectivity index (χ1v) is 7.42. The molecule has 0 radical (unpaired) electrons. The van der Waals surface area contributed by atoms with Crippen LogP contribution in [0.4, 0.5) is 0 Å². The molecular weight excluding hydrogens is 250 g/mol. The average molecular weight is 279 g/mol. The zero-order valence-electron chi connectivity index (χ0n) is 13.5. The van der Waals surface area contributed by atoms with Crippen molar-refractivity contribution in [1.82, 2.24) is 5.32 Å². The molecule has 1 rings (SSSR count). The van der Waals surface area contributed by atoms with E-state index in [9.17, 15) is 0 Å². The van der Waals surface area contributed by atoms with Gasteiger partial charge in [0.05, 0.1) is 13.2 Å². The summed E-state index contributed by atoms with van der Waals surface area (Å²) < 4.78 is 11.3. The van der Waals surface area contributed by atoms with Crippen LogP contribution in [0.5, 0.6) is 5.75 Å². The number of benzene rings is 1. The molecule has 1 unspecified atom stereocenters. The topological polar surface area (TPSA) is 30.5 Å². The number of nitrogens with one attached hydrogen (secondary N) is 1. The lowest BCUT2D eigenvalue weighted by Crippen LogP contribution is -2.24. The van der Waals surface area contributed by atoms with Crippen LogP contribution < -0.4 is 10.1 Å². The van der Waals surface area contributed by atoms with Crippen molar-refractivity contribution in [3.63, 3.8) is 0 Å². The number of methoxy groups -OCH3 is 1. The van der Waals surface area contributed by atoms with Gasteiger partial charge in [0, 0.05) is 13.2 Å². The zero-order valence-corrected chi connectivity index (χ0v) is 13.5. The Morgan fingerprint density at radius 3 is 2.30 bits per heavy atom. The van der Waals surface area contributed by atoms with E-state index in [1.165, 1.54) is 5.56 Å². The van der Waals surface area contributed by atoms with Crippen molar-refractivity contribution in [3.05, 3.63) is 29.8 Å². The van der Waals surface area contributed by atoms with Gasteiger partial charge in [-0.25, -0.2) is 0 Å². The Kier molecular flexibility index (Phi) is 7.03. The number of rotatable bonds is 8. The van der Waals surface area contributed by atoms with E-state index in [4.69, 9.17) is 9.47 Å². The van der Waals surface area contributed by atoms with E-state index in [0.717, 1.165) is 31.9 Å². The summed E-state index contributed by atoms with van der Waals surface area (Å²) in [6.07, 6.45) is 1.16. The highest BCUT2D eigenvalue weighted by molar-refractivity contribution is 5.28. The number of likely N-dealkylation sites (N-methyl/N-ethyl adjacent to an activating group) is 1. The number of ether oxygens (including phenoxy) is 2. The van der Waals surface area contributed by atoms with Crippen LogP contribution in [-0.2, 0) is 4.74 Å². The molecule has 114 valence electrons. The molecule has 3 nitrogen and oxygen atoms in total. The van der Waals surface area contributed by atoms with Gasteiger partial charge in [-0.05, 0) is 36.1 Å². The summed E-state index contributed by atoms with van der Waals surface area (Å²) in [6, 6.07) is 8.14. The number of hydrogen-bond donors (Lipinski definition) is 1. The molecule has 0 aromatic heterocycles. The molecule has 1 N–H and O–H groups in total. The van der Waals surface area contributed by atoms with Crippen molar-refractivity contribution < 1.29 is 9.47 Å². The molecule has 20 heavy (non-hydrogen) atoms. The van der Waals surface area contributed by atoms with Crippen LogP contribution in [0.25, 0.3) is 0 Å². The Bertz CT molecular complexity index is 368. The van der Waals surface area contributed by atoms with E-state index in [1.807, 2.05) is 12.1 Å². The van der Waals surface area contributed by atoms with Crippen molar-refractivity contribution in [1.29, 1.82) is 0 Å². The molecule has 0 fully saturated rings. The van der Waals surface area contributed by atoms with Crippen molar-refractivity contribution >= 4 is 0 Å². The Labute approximate surface area is 123 Å². The van der Waals surface area contributed by atoms with Gasteiger partial charge in [-0.15, -0.1) is 0 Å². The highest BCUT2D eigenvalue weighted by Gasteiger charge is 2.15. The highest BCUT2D eigenvalue weighted by Crippen LogP contribution is 2.23. The Balaban J connectivity index is 2.62. The predicted molar refractivity (Wildman–Crippen MR) is 84.3 cm³/mol. The normalized spacial score (nSPS) is 13.2. The minimum Gasteiger partial charge on any atom is -0.497 e. The first kappa shape index (κ1) is 17.0. The second-order valence-corrected chi connectivity index (χ2v) is 6.25. The fourth-order valence-corrected chi connectivity index (χ4v) is 1.87. The van der Waals surface area contributed by atoms with Gasteiger partial charge in [-0.1, -0.05) is 39.8 Å². The van der Waals surface area contributed by atoms with Crippen LogP contribution in [0.3, 0.4) is 0 Å². The molecule has 0 bridgehead atoms. The van der Waals surface area contributed by atoms with Crippen LogP contribution in [0, 0.1) is 5.41 Å². The molecule has 0 heterocycles. The first-order valence-electron chi connectivity index (χ1n) is 7.42. The Hall–Kier alpha value is -1.06. The zero-order chi connectivity index (χ0) is 15.0. The van der Waals surface area contributed by atoms with Crippen LogP contribution in [-0.4, -0.2) is 26.8 Å². The molecule has 3 heteroatoms. The quantitative estimate of drug-likeness (QED) is 0.785. The summed E-state index contributed by atoms with van der Waals surface area (Å²) in [5.74, 6) is 0.880. The predicted octanol–water partition coefficient (Wildman–Crippen LogP) is 3.80. The van der Waals surface area contributed by atoms with Gasteiger partial charge >= 0.3 is 0 Å². The maximum Gasteiger partial charge on any atom is 0.118 e. The number of hydrogen-bond acceptors (Lipinski definition) is 3. The largest absolute Gasteiger partial charge is 0.497 e. The van der Waals surface area contributed by atoms with Gasteiger partial charge in [0.1, 0.15) is 5.75 Å². The summed E-state index contributed by atoms with van der Waals surface area (Å²) in [7, 11) is 1.69. The lowest BCUT2D eigenvalue weighted by atomic mass is 9.93. The van der Waals surface area contributed by atoms with Gasteiger partial charge in [0.25, 0.3) is 0 Å². The third-order valence-corrected chi connectivity index (χ3v) is 3.24. The third-order valence-electron chi connectivity index (χ3n) is 3.24. The van der Waals surface area contributed by atoms with Crippen LogP contribution in [0.2, 0.25) is 0 Å². The van der Waals surface area contributed by atoms with Crippen LogP contribution >= 0.6 is 0 Å². The summed E-state index contributed by atoms with van der Waals surface area (Å²) in [5, 5.41) is 3.37. The minimum absolute atomic E-state index is 0.100. The molecule has 1 atom stereocenters. The molecule has 0 amide bonds. The van der Waals surface area contributed by atoms with E-state index >= 15 is 0 Å². The third kappa shape index (κ3) is 6.40. The van der Waals surface area contributed by atoms with Crippen molar-refractivity contribution in [2.45, 2.75) is 40.2 Å². The molecule has 0 aliphatic heterocycles. The second-order valence-electron chi connectivity index (χ2n) is 6.25. The summed E-state index contributed by atoms with van der Waals surface area (Å²) in [4.78, 5) is 0. The molecule has 0 aliphatic carbocycles. The Morgan fingerprint density at radius 1 is 1.15 bits per heavy atom. The maximum atomic E-state index is 6.08. The van der Waals surface area contributed by atoms with Crippen LogP contribution in [0.15, 0.2) is 24.3 Å². The molecular formula is C17H29NO2. The van der Waals surface area contributed by atoms with E-state index in [-0.39, 0.29) is 6.10 Å². The van der Waals surface area contributed by atoms with Crippen LogP contribution in [0.1, 0.15) is 45.8 Å². The second kappa shape index (κ2) is 8.28. The van der Waals surface area contributed by atoms with Crippen molar-refractivity contribution in [2.24, 2.45) is 5.41 Å². The SMILES string of the molecule is CCNCC(OCCC(C)(C)C)c1ccc(OC)cc1. The van der Waals surface area contributed by atoms with Gasteiger partial charge < -0.3 is 14.8 Å². The summed E-state index contributed by atoms with van der Waals surface area (Å²) in [5.41, 5.74) is 1.50. The van der Waals surface area contributed by atoms with Gasteiger partial charge in [-0.3, -0.25) is 0 Å². The summed E-state index contributed by atoms with van der Waals surface area (Å²) >= 11 is 0. The average Bonchev–Trinajstić information content (AvgIpc) is 2.41. The molecule has 1 aromatic rings. The smallest absolute Gasteiger partial charge is 0.118 e. The molecule has 0 aliphatic rings. The molecule has 0 spiro atoms. The van der Waals surface area contributed by atoms with Gasteiger partial charge in [0.15, 0.2) is 0 Å². The maximum absolute atomic E-state index is 6.08. The van der Waals surface area contributed by atoms with E-state index in [2.05, 4.69) is 45.1 Å². The van der Waals surface area contributed by atoms with Gasteiger partial charge in [0.2, 0.25) is 0 Å². The van der Waals surface area contributed by atoms with Crippen molar-refractivity contribution in [3.8, 4) is 5.75 Å². The minimum atomic E-state index is 0.100.